The lowest BCUT2D eigenvalue weighted by Crippen LogP contribution is -2.19. The van der Waals surface area contributed by atoms with Gasteiger partial charge in [-0.25, -0.2) is 10.2 Å². The van der Waals surface area contributed by atoms with Crippen LogP contribution in [-0.4, -0.2) is 24.7 Å². The molecule has 0 atom stereocenters. The van der Waals surface area contributed by atoms with E-state index in [1.54, 1.807) is 66.7 Å². The number of rotatable bonds is 7. The summed E-state index contributed by atoms with van der Waals surface area (Å²) in [6.45, 7) is 2.28. The lowest BCUT2D eigenvalue weighted by molar-refractivity contribution is 0.0734. The molecule has 0 aromatic heterocycles. The second kappa shape index (κ2) is 10.4. The molecule has 0 bridgehead atoms. The highest BCUT2D eigenvalue weighted by atomic mass is 79.9. The Kier molecular flexibility index (Phi) is 7.34. The van der Waals surface area contributed by atoms with E-state index >= 15 is 0 Å². The highest BCUT2D eigenvalue weighted by Crippen LogP contribution is 2.23. The monoisotopic (exact) mass is 466 g/mol. The lowest BCUT2D eigenvalue weighted by Gasteiger charge is -2.09. The van der Waals surface area contributed by atoms with E-state index in [1.165, 1.54) is 6.21 Å². The van der Waals surface area contributed by atoms with Crippen LogP contribution in [0.15, 0.2) is 82.4 Å². The van der Waals surface area contributed by atoms with Crippen molar-refractivity contribution < 1.29 is 19.1 Å². The largest absolute Gasteiger partial charge is 0.493 e. The fourth-order valence-corrected chi connectivity index (χ4v) is 2.96. The number of para-hydroxylation sites is 1. The number of esters is 1. The summed E-state index contributed by atoms with van der Waals surface area (Å²) in [5.74, 6) is -0.0989. The van der Waals surface area contributed by atoms with Crippen LogP contribution in [0, 0.1) is 0 Å². The van der Waals surface area contributed by atoms with Crippen molar-refractivity contribution in [1.82, 2.24) is 5.43 Å². The van der Waals surface area contributed by atoms with Gasteiger partial charge in [-0.2, -0.15) is 5.10 Å². The van der Waals surface area contributed by atoms with Gasteiger partial charge in [-0.1, -0.05) is 46.3 Å². The summed E-state index contributed by atoms with van der Waals surface area (Å²) in [4.78, 5) is 24.8. The first-order valence-electron chi connectivity index (χ1n) is 9.20. The molecule has 0 aliphatic heterocycles. The summed E-state index contributed by atoms with van der Waals surface area (Å²) in [5.41, 5.74) is 3.81. The number of carbonyl (C=O) groups excluding carboxylic acids is 2. The Bertz CT molecular complexity index is 1070. The maximum Gasteiger partial charge on any atom is 0.343 e. The molecule has 0 saturated heterocycles. The molecular formula is C23H19BrN2O4. The molecule has 0 spiro atoms. The molecule has 152 valence electrons. The van der Waals surface area contributed by atoms with Gasteiger partial charge in [0.25, 0.3) is 5.91 Å². The quantitative estimate of drug-likeness (QED) is 0.234. The number of hydrogen-bond donors (Lipinski definition) is 1. The van der Waals surface area contributed by atoms with Gasteiger partial charge in [0.05, 0.1) is 23.9 Å². The van der Waals surface area contributed by atoms with Gasteiger partial charge >= 0.3 is 5.97 Å². The van der Waals surface area contributed by atoms with Crippen LogP contribution in [0.4, 0.5) is 0 Å². The molecule has 0 saturated carbocycles. The summed E-state index contributed by atoms with van der Waals surface area (Å²) in [6.07, 6.45) is 1.42. The standard InChI is InChI=1S/C23H19BrN2O4/c1-2-29-21-13-12-18(24)14-19(21)22(27)26-25-15-17-10-6-7-11-20(17)30-23(28)16-8-4-3-5-9-16/h3-15H,2H2,1H3,(H,26,27)/b25-15-. The zero-order chi connectivity index (χ0) is 21.3. The van der Waals surface area contributed by atoms with Gasteiger partial charge < -0.3 is 9.47 Å². The highest BCUT2D eigenvalue weighted by Gasteiger charge is 2.13. The minimum absolute atomic E-state index is 0.335. The Morgan fingerprint density at radius 3 is 2.50 bits per heavy atom. The van der Waals surface area contributed by atoms with Crippen LogP contribution < -0.4 is 14.9 Å². The van der Waals surface area contributed by atoms with Gasteiger partial charge in [0.15, 0.2) is 0 Å². The van der Waals surface area contributed by atoms with Gasteiger partial charge in [-0.3, -0.25) is 4.79 Å². The maximum atomic E-state index is 12.5. The number of ether oxygens (including phenoxy) is 2. The molecule has 1 N–H and O–H groups in total. The number of hydrogen-bond acceptors (Lipinski definition) is 5. The number of amides is 1. The van der Waals surface area contributed by atoms with Crippen molar-refractivity contribution in [3.8, 4) is 11.5 Å². The lowest BCUT2D eigenvalue weighted by atomic mass is 10.2. The Labute approximate surface area is 182 Å². The number of nitrogens with zero attached hydrogens (tertiary/aromatic N) is 1. The average molecular weight is 467 g/mol. The molecule has 1 amide bonds. The third-order valence-corrected chi connectivity index (χ3v) is 4.48. The predicted octanol–water partition coefficient (Wildman–Crippen LogP) is 4.83. The van der Waals surface area contributed by atoms with Crippen molar-refractivity contribution in [2.45, 2.75) is 6.92 Å². The second-order valence-corrected chi connectivity index (χ2v) is 6.98. The first kappa shape index (κ1) is 21.3. The minimum atomic E-state index is -0.476. The molecule has 30 heavy (non-hydrogen) atoms. The molecule has 3 aromatic carbocycles. The summed E-state index contributed by atoms with van der Waals surface area (Å²) in [7, 11) is 0. The third kappa shape index (κ3) is 5.55. The van der Waals surface area contributed by atoms with E-state index in [0.717, 1.165) is 4.47 Å². The summed E-state index contributed by atoms with van der Waals surface area (Å²) < 4.78 is 11.7. The third-order valence-electron chi connectivity index (χ3n) is 3.99. The van der Waals surface area contributed by atoms with Gasteiger partial charge in [0.1, 0.15) is 11.5 Å². The molecule has 6 nitrogen and oxygen atoms in total. The Morgan fingerprint density at radius 2 is 1.73 bits per heavy atom. The van der Waals surface area contributed by atoms with Crippen molar-refractivity contribution in [1.29, 1.82) is 0 Å². The summed E-state index contributed by atoms with van der Waals surface area (Å²) in [6, 6.07) is 20.8. The Hall–Kier alpha value is -3.45. The average Bonchev–Trinajstić information content (AvgIpc) is 2.76. The Morgan fingerprint density at radius 1 is 1.00 bits per heavy atom. The number of halogens is 1. The maximum absolute atomic E-state index is 12.5. The molecule has 3 aromatic rings. The van der Waals surface area contributed by atoms with Crippen molar-refractivity contribution in [2.75, 3.05) is 6.61 Å². The molecule has 7 heteroatoms. The van der Waals surface area contributed by atoms with Gasteiger partial charge in [0.2, 0.25) is 0 Å². The van der Waals surface area contributed by atoms with Gasteiger partial charge in [-0.15, -0.1) is 0 Å². The molecular weight excluding hydrogens is 448 g/mol. The molecule has 0 aliphatic rings. The molecule has 0 radical (unpaired) electrons. The normalized spacial score (nSPS) is 10.6. The van der Waals surface area contributed by atoms with Crippen LogP contribution in [0.1, 0.15) is 33.2 Å². The fourth-order valence-electron chi connectivity index (χ4n) is 2.59. The van der Waals surface area contributed by atoms with Crippen LogP contribution in [-0.2, 0) is 0 Å². The van der Waals surface area contributed by atoms with E-state index in [0.29, 0.717) is 34.8 Å². The molecule has 0 unspecified atom stereocenters. The molecule has 0 heterocycles. The van der Waals surface area contributed by atoms with Crippen molar-refractivity contribution in [3.05, 3.63) is 94.0 Å². The topological polar surface area (TPSA) is 77.0 Å². The van der Waals surface area contributed by atoms with Crippen molar-refractivity contribution in [2.24, 2.45) is 5.10 Å². The predicted molar refractivity (Wildman–Crippen MR) is 118 cm³/mol. The minimum Gasteiger partial charge on any atom is -0.493 e. The smallest absolute Gasteiger partial charge is 0.343 e. The number of nitrogens with one attached hydrogen (secondary N) is 1. The second-order valence-electron chi connectivity index (χ2n) is 6.07. The highest BCUT2D eigenvalue weighted by molar-refractivity contribution is 9.10. The molecule has 0 aliphatic carbocycles. The zero-order valence-corrected chi connectivity index (χ0v) is 17.8. The number of hydrazone groups is 1. The Balaban J connectivity index is 1.72. The first-order valence-corrected chi connectivity index (χ1v) is 9.99. The zero-order valence-electron chi connectivity index (χ0n) is 16.2. The first-order chi connectivity index (χ1) is 14.6. The van der Waals surface area contributed by atoms with Gasteiger partial charge in [-0.05, 0) is 49.4 Å². The fraction of sp³-hybridized carbons (Fsp3) is 0.0870. The summed E-state index contributed by atoms with van der Waals surface area (Å²) >= 11 is 3.35. The van der Waals surface area contributed by atoms with Crippen LogP contribution in [0.25, 0.3) is 0 Å². The van der Waals surface area contributed by atoms with Crippen molar-refractivity contribution >= 4 is 34.0 Å². The van der Waals surface area contributed by atoms with E-state index in [9.17, 15) is 9.59 Å². The summed E-state index contributed by atoms with van der Waals surface area (Å²) in [5, 5.41) is 4.00. The van der Waals surface area contributed by atoms with Gasteiger partial charge in [0, 0.05) is 10.0 Å². The van der Waals surface area contributed by atoms with E-state index < -0.39 is 11.9 Å². The van der Waals surface area contributed by atoms with Crippen LogP contribution in [0.3, 0.4) is 0 Å². The van der Waals surface area contributed by atoms with Crippen LogP contribution in [0.5, 0.6) is 11.5 Å². The van der Waals surface area contributed by atoms with Crippen LogP contribution >= 0.6 is 15.9 Å². The van der Waals surface area contributed by atoms with E-state index in [-0.39, 0.29) is 0 Å². The van der Waals surface area contributed by atoms with E-state index in [1.807, 2.05) is 13.0 Å². The van der Waals surface area contributed by atoms with E-state index in [2.05, 4.69) is 26.5 Å². The number of carbonyl (C=O) groups is 2. The molecule has 3 rings (SSSR count). The van der Waals surface area contributed by atoms with E-state index in [4.69, 9.17) is 9.47 Å². The van der Waals surface area contributed by atoms with Crippen LogP contribution in [0.2, 0.25) is 0 Å². The molecule has 0 fully saturated rings. The number of benzene rings is 3. The van der Waals surface area contributed by atoms with Crippen molar-refractivity contribution in [3.63, 3.8) is 0 Å². The SMILES string of the molecule is CCOc1ccc(Br)cc1C(=O)N/N=C\c1ccccc1OC(=O)c1ccccc1.